The zero-order valence-corrected chi connectivity index (χ0v) is 13.3. The minimum absolute atomic E-state index is 0.909. The predicted octanol–water partition coefficient (Wildman–Crippen LogP) is 4.23. The minimum Gasteiger partial charge on any atom is -0.312 e. The summed E-state index contributed by atoms with van der Waals surface area (Å²) in [6.07, 6.45) is 3.08. The molecule has 0 aliphatic rings. The van der Waals surface area contributed by atoms with Crippen molar-refractivity contribution in [2.45, 2.75) is 26.8 Å². The number of nitrogens with zero attached hydrogens (tertiary/aromatic N) is 2. The summed E-state index contributed by atoms with van der Waals surface area (Å²) in [5.74, 6) is 0. The largest absolute Gasteiger partial charge is 0.312 e. The highest BCUT2D eigenvalue weighted by molar-refractivity contribution is 7.17. The number of thiazole rings is 1. The number of rotatable bonds is 5. The van der Waals surface area contributed by atoms with E-state index in [4.69, 9.17) is 4.98 Å². The van der Waals surface area contributed by atoms with Crippen molar-refractivity contribution in [3.8, 4) is 10.6 Å². The third kappa shape index (κ3) is 2.75. The maximum absolute atomic E-state index is 4.69. The topological polar surface area (TPSA) is 37.8 Å². The number of hydrogen-bond donors (Lipinski definition) is 1. The molecule has 3 nitrogen and oxygen atoms in total. The minimum atomic E-state index is 0.909. The van der Waals surface area contributed by atoms with Gasteiger partial charge < -0.3 is 5.32 Å². The third-order valence-corrected chi connectivity index (χ3v) is 5.21. The van der Waals surface area contributed by atoms with Crippen LogP contribution in [0.15, 0.2) is 23.7 Å². The van der Waals surface area contributed by atoms with Crippen molar-refractivity contribution >= 4 is 32.9 Å². The van der Waals surface area contributed by atoms with Gasteiger partial charge in [-0.25, -0.2) is 4.98 Å². The molecule has 0 aliphatic heterocycles. The van der Waals surface area contributed by atoms with Gasteiger partial charge in [-0.1, -0.05) is 6.92 Å². The first-order valence-corrected chi connectivity index (χ1v) is 8.48. The molecule has 3 aromatic rings. The molecule has 104 valence electrons. The maximum Gasteiger partial charge on any atom is 0.125 e. The summed E-state index contributed by atoms with van der Waals surface area (Å²) in [6, 6.07) is 4.24. The standard InChI is InChI=1S/C15H17N3S2/c1-3-5-16-9-14-10(2)18-15(20-14)11-7-13-12(17-8-11)4-6-19-13/h4,6-8,16H,3,5,9H2,1-2H3. The maximum atomic E-state index is 4.69. The van der Waals surface area contributed by atoms with Gasteiger partial charge in [0.1, 0.15) is 5.01 Å². The van der Waals surface area contributed by atoms with E-state index in [1.54, 1.807) is 22.7 Å². The smallest absolute Gasteiger partial charge is 0.125 e. The average Bonchev–Trinajstić information content (AvgIpc) is 3.05. The molecule has 20 heavy (non-hydrogen) atoms. The van der Waals surface area contributed by atoms with Gasteiger partial charge in [-0.15, -0.1) is 22.7 Å². The van der Waals surface area contributed by atoms with Gasteiger partial charge >= 0.3 is 0 Å². The molecule has 0 saturated carbocycles. The Morgan fingerprint density at radius 2 is 2.25 bits per heavy atom. The fourth-order valence-corrected chi connectivity index (χ4v) is 3.85. The molecule has 0 atom stereocenters. The van der Waals surface area contributed by atoms with Crippen LogP contribution >= 0.6 is 22.7 Å². The molecule has 0 aromatic carbocycles. The monoisotopic (exact) mass is 303 g/mol. The first-order valence-electron chi connectivity index (χ1n) is 6.78. The Hall–Kier alpha value is -1.30. The van der Waals surface area contributed by atoms with Gasteiger partial charge in [0.05, 0.1) is 15.9 Å². The van der Waals surface area contributed by atoms with Crippen LogP contribution in [0.4, 0.5) is 0 Å². The summed E-state index contributed by atoms with van der Waals surface area (Å²) in [5, 5.41) is 6.59. The van der Waals surface area contributed by atoms with Crippen LogP contribution in [0.2, 0.25) is 0 Å². The summed E-state index contributed by atoms with van der Waals surface area (Å²) < 4.78 is 1.22. The molecule has 0 spiro atoms. The average molecular weight is 303 g/mol. The molecule has 0 saturated heterocycles. The van der Waals surface area contributed by atoms with E-state index in [1.165, 1.54) is 9.58 Å². The van der Waals surface area contributed by atoms with Crippen molar-refractivity contribution in [1.29, 1.82) is 0 Å². The van der Waals surface area contributed by atoms with E-state index >= 15 is 0 Å². The van der Waals surface area contributed by atoms with Crippen LogP contribution in [0.1, 0.15) is 23.9 Å². The molecule has 5 heteroatoms. The molecule has 3 heterocycles. The SMILES string of the molecule is CCCNCc1sc(-c2cnc3ccsc3c2)nc1C. The second-order valence-corrected chi connectivity index (χ2v) is 6.76. The lowest BCUT2D eigenvalue weighted by Crippen LogP contribution is -2.13. The molecule has 0 aliphatic carbocycles. The van der Waals surface area contributed by atoms with Gasteiger partial charge in [0.2, 0.25) is 0 Å². The Bertz CT molecular complexity index is 715. The predicted molar refractivity (Wildman–Crippen MR) is 87.5 cm³/mol. The third-order valence-electron chi connectivity index (χ3n) is 3.15. The van der Waals surface area contributed by atoms with Crippen molar-refractivity contribution in [2.24, 2.45) is 0 Å². The first-order chi connectivity index (χ1) is 9.78. The molecule has 3 aromatic heterocycles. The van der Waals surface area contributed by atoms with E-state index in [0.717, 1.165) is 41.3 Å². The Labute approximate surface area is 126 Å². The summed E-state index contributed by atoms with van der Waals surface area (Å²) in [5.41, 5.74) is 3.31. The number of pyridine rings is 1. The second kappa shape index (κ2) is 5.99. The number of hydrogen-bond acceptors (Lipinski definition) is 5. The van der Waals surface area contributed by atoms with Crippen LogP contribution in [-0.2, 0) is 6.54 Å². The number of fused-ring (bicyclic) bond motifs is 1. The fraction of sp³-hybridized carbons (Fsp3) is 0.333. The van der Waals surface area contributed by atoms with Crippen molar-refractivity contribution in [1.82, 2.24) is 15.3 Å². The zero-order valence-electron chi connectivity index (χ0n) is 11.6. The fourth-order valence-electron chi connectivity index (χ4n) is 2.06. The quantitative estimate of drug-likeness (QED) is 0.717. The van der Waals surface area contributed by atoms with Gasteiger partial charge in [0.15, 0.2) is 0 Å². The Balaban J connectivity index is 1.87. The highest BCUT2D eigenvalue weighted by Crippen LogP contribution is 2.30. The van der Waals surface area contributed by atoms with Crippen LogP contribution in [0.5, 0.6) is 0 Å². The first kappa shape index (κ1) is 13.7. The Kier molecular flexibility index (Phi) is 4.10. The number of nitrogens with one attached hydrogen (secondary N) is 1. The molecule has 0 fully saturated rings. The van der Waals surface area contributed by atoms with Gasteiger partial charge in [0, 0.05) is 23.2 Å². The van der Waals surface area contributed by atoms with Crippen molar-refractivity contribution in [3.05, 3.63) is 34.3 Å². The molecular weight excluding hydrogens is 286 g/mol. The molecule has 3 rings (SSSR count). The lowest BCUT2D eigenvalue weighted by molar-refractivity contribution is 0.678. The van der Waals surface area contributed by atoms with E-state index in [-0.39, 0.29) is 0 Å². The highest BCUT2D eigenvalue weighted by atomic mass is 32.1. The van der Waals surface area contributed by atoms with E-state index in [1.807, 2.05) is 6.20 Å². The van der Waals surface area contributed by atoms with Crippen LogP contribution < -0.4 is 5.32 Å². The van der Waals surface area contributed by atoms with Crippen LogP contribution in [0, 0.1) is 6.92 Å². The summed E-state index contributed by atoms with van der Waals surface area (Å²) >= 11 is 3.49. The van der Waals surface area contributed by atoms with Crippen LogP contribution in [-0.4, -0.2) is 16.5 Å². The molecule has 1 N–H and O–H groups in total. The van der Waals surface area contributed by atoms with E-state index in [2.05, 4.69) is 41.7 Å². The van der Waals surface area contributed by atoms with E-state index < -0.39 is 0 Å². The van der Waals surface area contributed by atoms with Crippen molar-refractivity contribution in [2.75, 3.05) is 6.54 Å². The van der Waals surface area contributed by atoms with Crippen LogP contribution in [0.3, 0.4) is 0 Å². The summed E-state index contributed by atoms with van der Waals surface area (Å²) in [7, 11) is 0. The number of aryl methyl sites for hydroxylation is 1. The molecule has 0 amide bonds. The van der Waals surface area contributed by atoms with Crippen molar-refractivity contribution in [3.63, 3.8) is 0 Å². The summed E-state index contributed by atoms with van der Waals surface area (Å²) in [6.45, 7) is 6.22. The van der Waals surface area contributed by atoms with E-state index in [0.29, 0.717) is 0 Å². The highest BCUT2D eigenvalue weighted by Gasteiger charge is 2.10. The zero-order chi connectivity index (χ0) is 13.9. The molecule has 0 unspecified atom stereocenters. The molecular formula is C15H17N3S2. The second-order valence-electron chi connectivity index (χ2n) is 4.73. The van der Waals surface area contributed by atoms with Crippen molar-refractivity contribution < 1.29 is 0 Å². The lowest BCUT2D eigenvalue weighted by atomic mass is 10.3. The normalized spacial score (nSPS) is 11.3. The van der Waals surface area contributed by atoms with Gasteiger partial charge in [-0.05, 0) is 37.4 Å². The summed E-state index contributed by atoms with van der Waals surface area (Å²) in [4.78, 5) is 10.5. The number of thiophene rings is 1. The van der Waals surface area contributed by atoms with Gasteiger partial charge in [-0.2, -0.15) is 0 Å². The number of aromatic nitrogens is 2. The molecule has 0 radical (unpaired) electrons. The van der Waals surface area contributed by atoms with Gasteiger partial charge in [-0.3, -0.25) is 4.98 Å². The molecule has 0 bridgehead atoms. The van der Waals surface area contributed by atoms with Gasteiger partial charge in [0.25, 0.3) is 0 Å². The van der Waals surface area contributed by atoms with Crippen LogP contribution in [0.25, 0.3) is 20.8 Å². The Morgan fingerprint density at radius 1 is 1.35 bits per heavy atom. The lowest BCUT2D eigenvalue weighted by Gasteiger charge is -1.99. The van der Waals surface area contributed by atoms with E-state index in [9.17, 15) is 0 Å². The Morgan fingerprint density at radius 3 is 3.10 bits per heavy atom.